The van der Waals surface area contributed by atoms with Crippen LogP contribution in [0.4, 0.5) is 0 Å². The highest BCUT2D eigenvalue weighted by atomic mass is 16.3. The number of rotatable bonds is 1. The number of hydrogen-bond donors (Lipinski definition) is 2. The first-order chi connectivity index (χ1) is 7.48. The second kappa shape index (κ2) is 4.34. The first-order valence-corrected chi connectivity index (χ1v) is 6.25. The van der Waals surface area contributed by atoms with Gasteiger partial charge in [0, 0.05) is 25.0 Å². The highest BCUT2D eigenvalue weighted by Crippen LogP contribution is 2.28. The van der Waals surface area contributed by atoms with Crippen molar-refractivity contribution >= 4 is 5.91 Å². The zero-order valence-corrected chi connectivity index (χ0v) is 9.98. The topological polar surface area (TPSA) is 66.6 Å². The van der Waals surface area contributed by atoms with Gasteiger partial charge in [0.25, 0.3) is 0 Å². The molecule has 1 saturated carbocycles. The normalized spacial score (nSPS) is 40.1. The summed E-state index contributed by atoms with van der Waals surface area (Å²) in [6, 6.07) is 0.194. The van der Waals surface area contributed by atoms with Crippen LogP contribution in [0.2, 0.25) is 0 Å². The third-order valence-electron chi connectivity index (χ3n) is 3.81. The van der Waals surface area contributed by atoms with Crippen LogP contribution in [0.15, 0.2) is 0 Å². The standard InChI is InChI=1S/C12H22N2O2/c1-12(16)5-2-6-14(8-12)11(15)9-3-4-10(13)7-9/h9-10,16H,2-8,13H2,1H3. The van der Waals surface area contributed by atoms with Crippen LogP contribution >= 0.6 is 0 Å². The molecule has 92 valence electrons. The molecule has 4 nitrogen and oxygen atoms in total. The van der Waals surface area contributed by atoms with Gasteiger partial charge in [0.05, 0.1) is 5.60 Å². The Labute approximate surface area is 96.8 Å². The lowest BCUT2D eigenvalue weighted by molar-refractivity contribution is -0.141. The highest BCUT2D eigenvalue weighted by molar-refractivity contribution is 5.79. The van der Waals surface area contributed by atoms with Crippen molar-refractivity contribution in [3.8, 4) is 0 Å². The monoisotopic (exact) mass is 226 g/mol. The van der Waals surface area contributed by atoms with E-state index < -0.39 is 5.60 Å². The number of aliphatic hydroxyl groups is 1. The van der Waals surface area contributed by atoms with Crippen molar-refractivity contribution in [3.05, 3.63) is 0 Å². The molecule has 1 aliphatic carbocycles. The minimum Gasteiger partial charge on any atom is -0.388 e. The molecular weight excluding hydrogens is 204 g/mol. The van der Waals surface area contributed by atoms with E-state index in [0.717, 1.165) is 38.6 Å². The Bertz CT molecular complexity index is 278. The van der Waals surface area contributed by atoms with E-state index in [9.17, 15) is 9.90 Å². The second-order valence-corrected chi connectivity index (χ2v) is 5.63. The lowest BCUT2D eigenvalue weighted by Crippen LogP contribution is -2.50. The molecule has 1 aliphatic heterocycles. The van der Waals surface area contributed by atoms with Gasteiger partial charge in [-0.1, -0.05) is 0 Å². The smallest absolute Gasteiger partial charge is 0.225 e. The molecule has 0 radical (unpaired) electrons. The fourth-order valence-corrected chi connectivity index (χ4v) is 2.91. The zero-order chi connectivity index (χ0) is 11.8. The van der Waals surface area contributed by atoms with Gasteiger partial charge in [0.1, 0.15) is 0 Å². The van der Waals surface area contributed by atoms with E-state index in [0.29, 0.717) is 6.54 Å². The average molecular weight is 226 g/mol. The van der Waals surface area contributed by atoms with Crippen LogP contribution in [0.1, 0.15) is 39.0 Å². The summed E-state index contributed by atoms with van der Waals surface area (Å²) in [5.74, 6) is 0.303. The molecule has 2 aliphatic rings. The third-order valence-corrected chi connectivity index (χ3v) is 3.81. The second-order valence-electron chi connectivity index (χ2n) is 5.63. The van der Waals surface area contributed by atoms with Gasteiger partial charge < -0.3 is 15.7 Å². The Hall–Kier alpha value is -0.610. The summed E-state index contributed by atoms with van der Waals surface area (Å²) in [5, 5.41) is 9.97. The maximum absolute atomic E-state index is 12.2. The van der Waals surface area contributed by atoms with Gasteiger partial charge in [-0.15, -0.1) is 0 Å². The third kappa shape index (κ3) is 2.55. The predicted octanol–water partition coefficient (Wildman–Crippen LogP) is 0.487. The quantitative estimate of drug-likeness (QED) is 0.683. The summed E-state index contributed by atoms with van der Waals surface area (Å²) in [7, 11) is 0. The average Bonchev–Trinajstić information content (AvgIpc) is 2.62. The summed E-state index contributed by atoms with van der Waals surface area (Å²) in [4.78, 5) is 14.0. The van der Waals surface area contributed by atoms with Crippen LogP contribution in [-0.2, 0) is 4.79 Å². The molecule has 3 atom stereocenters. The number of β-amino-alcohol motifs (C(OH)–C–C–N with tert-alkyl or cyclic N) is 1. The largest absolute Gasteiger partial charge is 0.388 e. The molecule has 0 aromatic rings. The van der Waals surface area contributed by atoms with Crippen molar-refractivity contribution in [1.82, 2.24) is 4.90 Å². The van der Waals surface area contributed by atoms with Gasteiger partial charge in [-0.25, -0.2) is 0 Å². The lowest BCUT2D eigenvalue weighted by atomic mass is 9.93. The fraction of sp³-hybridized carbons (Fsp3) is 0.917. The molecule has 4 heteroatoms. The van der Waals surface area contributed by atoms with E-state index in [1.54, 1.807) is 0 Å². The Morgan fingerprint density at radius 2 is 2.25 bits per heavy atom. The Balaban J connectivity index is 1.94. The van der Waals surface area contributed by atoms with Crippen molar-refractivity contribution in [3.63, 3.8) is 0 Å². The number of likely N-dealkylation sites (tertiary alicyclic amines) is 1. The van der Waals surface area contributed by atoms with E-state index in [1.165, 1.54) is 0 Å². The first-order valence-electron chi connectivity index (χ1n) is 6.25. The fourth-order valence-electron chi connectivity index (χ4n) is 2.91. The molecule has 1 heterocycles. The van der Waals surface area contributed by atoms with Crippen molar-refractivity contribution in [2.24, 2.45) is 11.7 Å². The van der Waals surface area contributed by atoms with Crippen molar-refractivity contribution in [2.75, 3.05) is 13.1 Å². The highest BCUT2D eigenvalue weighted by Gasteiger charge is 2.36. The summed E-state index contributed by atoms with van der Waals surface area (Å²) >= 11 is 0. The molecule has 2 rings (SSSR count). The first kappa shape index (κ1) is 11.9. The van der Waals surface area contributed by atoms with Crippen molar-refractivity contribution < 1.29 is 9.90 Å². The van der Waals surface area contributed by atoms with Crippen molar-refractivity contribution in [1.29, 1.82) is 0 Å². The van der Waals surface area contributed by atoms with E-state index >= 15 is 0 Å². The van der Waals surface area contributed by atoms with Gasteiger partial charge in [0.15, 0.2) is 0 Å². The molecule has 0 bridgehead atoms. The lowest BCUT2D eigenvalue weighted by Gasteiger charge is -2.38. The van der Waals surface area contributed by atoms with E-state index in [-0.39, 0.29) is 17.9 Å². The zero-order valence-electron chi connectivity index (χ0n) is 9.98. The number of nitrogens with two attached hydrogens (primary N) is 1. The number of nitrogens with zero attached hydrogens (tertiary/aromatic N) is 1. The number of piperidine rings is 1. The van der Waals surface area contributed by atoms with Crippen LogP contribution in [0.3, 0.4) is 0 Å². The van der Waals surface area contributed by atoms with E-state index in [2.05, 4.69) is 0 Å². The molecule has 2 fully saturated rings. The van der Waals surface area contributed by atoms with E-state index in [1.807, 2.05) is 11.8 Å². The minimum absolute atomic E-state index is 0.101. The van der Waals surface area contributed by atoms with Crippen LogP contribution < -0.4 is 5.73 Å². The van der Waals surface area contributed by atoms with Crippen molar-refractivity contribution in [2.45, 2.75) is 50.7 Å². The Kier molecular flexibility index (Phi) is 3.22. The molecule has 16 heavy (non-hydrogen) atoms. The Morgan fingerprint density at radius 1 is 1.50 bits per heavy atom. The minimum atomic E-state index is -0.700. The number of carbonyl (C=O) groups excluding carboxylic acids is 1. The molecule has 0 aromatic carbocycles. The number of amides is 1. The molecule has 3 N–H and O–H groups in total. The maximum atomic E-state index is 12.2. The summed E-state index contributed by atoms with van der Waals surface area (Å²) in [6.45, 7) is 3.09. The molecule has 1 amide bonds. The summed E-state index contributed by atoms with van der Waals surface area (Å²) in [6.07, 6.45) is 4.38. The molecular formula is C12H22N2O2. The van der Waals surface area contributed by atoms with Gasteiger partial charge in [0.2, 0.25) is 5.91 Å². The van der Waals surface area contributed by atoms with Crippen LogP contribution in [-0.4, -0.2) is 40.6 Å². The van der Waals surface area contributed by atoms with Crippen LogP contribution in [0.5, 0.6) is 0 Å². The molecule has 0 spiro atoms. The molecule has 0 aromatic heterocycles. The van der Waals surface area contributed by atoms with Gasteiger partial charge in [-0.05, 0) is 39.0 Å². The predicted molar refractivity (Wildman–Crippen MR) is 61.8 cm³/mol. The van der Waals surface area contributed by atoms with Gasteiger partial charge in [-0.3, -0.25) is 4.79 Å². The van der Waals surface area contributed by atoms with Crippen LogP contribution in [0, 0.1) is 5.92 Å². The summed E-state index contributed by atoms with van der Waals surface area (Å²) in [5.41, 5.74) is 5.13. The summed E-state index contributed by atoms with van der Waals surface area (Å²) < 4.78 is 0. The van der Waals surface area contributed by atoms with Gasteiger partial charge >= 0.3 is 0 Å². The number of carbonyl (C=O) groups is 1. The number of hydrogen-bond acceptors (Lipinski definition) is 3. The van der Waals surface area contributed by atoms with E-state index in [4.69, 9.17) is 5.73 Å². The van der Waals surface area contributed by atoms with Crippen LogP contribution in [0.25, 0.3) is 0 Å². The molecule has 3 unspecified atom stereocenters. The Morgan fingerprint density at radius 3 is 2.81 bits per heavy atom. The maximum Gasteiger partial charge on any atom is 0.225 e. The molecule has 1 saturated heterocycles. The SMILES string of the molecule is CC1(O)CCCN(C(=O)C2CCC(N)C2)C1. The van der Waals surface area contributed by atoms with Gasteiger partial charge in [-0.2, -0.15) is 0 Å².